The molecular weight excluding hydrogens is 446 g/mol. The minimum atomic E-state index is -3.69. The van der Waals surface area contributed by atoms with E-state index in [-0.39, 0.29) is 16.2 Å². The van der Waals surface area contributed by atoms with Crippen LogP contribution < -0.4 is 14.8 Å². The van der Waals surface area contributed by atoms with E-state index in [0.29, 0.717) is 27.2 Å². The number of anilines is 1. The highest BCUT2D eigenvalue weighted by Gasteiger charge is 2.17. The van der Waals surface area contributed by atoms with Crippen LogP contribution in [0, 0.1) is 0 Å². The highest BCUT2D eigenvalue weighted by molar-refractivity contribution is 7.94. The van der Waals surface area contributed by atoms with Crippen molar-refractivity contribution in [1.29, 1.82) is 0 Å². The third-order valence-corrected chi connectivity index (χ3v) is 7.24. The van der Waals surface area contributed by atoms with Gasteiger partial charge in [0.1, 0.15) is 9.96 Å². The third kappa shape index (κ3) is 5.71. The Morgan fingerprint density at radius 2 is 1.90 bits per heavy atom. The normalized spacial score (nSPS) is 12.2. The molecule has 158 valence electrons. The van der Waals surface area contributed by atoms with Crippen molar-refractivity contribution in [2.24, 2.45) is 0 Å². The zero-order valence-corrected chi connectivity index (χ0v) is 18.6. The number of ether oxygens (including phenoxy) is 1. The van der Waals surface area contributed by atoms with E-state index in [4.69, 9.17) is 16.3 Å². The molecule has 3 rings (SSSR count). The van der Waals surface area contributed by atoms with E-state index >= 15 is 0 Å². The summed E-state index contributed by atoms with van der Waals surface area (Å²) in [4.78, 5) is 16.2. The Morgan fingerprint density at radius 1 is 1.17 bits per heavy atom. The molecule has 0 aliphatic rings. The first-order valence-corrected chi connectivity index (χ1v) is 11.8. The molecule has 0 radical (unpaired) electrons. The maximum absolute atomic E-state index is 12.3. The van der Waals surface area contributed by atoms with Crippen LogP contribution in [0.1, 0.15) is 30.6 Å². The van der Waals surface area contributed by atoms with Gasteiger partial charge in [0.2, 0.25) is 5.88 Å². The number of nitrogens with zero attached hydrogens (tertiary/aromatic N) is 1. The van der Waals surface area contributed by atoms with Crippen molar-refractivity contribution in [3.8, 4) is 11.6 Å². The number of rotatable bonds is 8. The molecule has 0 fully saturated rings. The number of nitrogens with one attached hydrogen (secondary N) is 2. The number of benzene rings is 1. The monoisotopic (exact) mass is 465 g/mol. The van der Waals surface area contributed by atoms with Gasteiger partial charge < -0.3 is 10.1 Å². The SMILES string of the molecule is CCC(C)NC(=O)c1ccc(Oc2ccc(NS(=O)(=O)c3ccc(Cl)s3)cc2)nc1. The van der Waals surface area contributed by atoms with Crippen LogP contribution in [0.25, 0.3) is 0 Å². The van der Waals surface area contributed by atoms with Gasteiger partial charge in [0, 0.05) is 24.0 Å². The van der Waals surface area contributed by atoms with Gasteiger partial charge in [-0.2, -0.15) is 0 Å². The van der Waals surface area contributed by atoms with Gasteiger partial charge in [0.05, 0.1) is 9.90 Å². The molecule has 1 amide bonds. The number of pyridine rings is 1. The number of carbonyl (C=O) groups is 1. The van der Waals surface area contributed by atoms with Crippen LogP contribution in [0.5, 0.6) is 11.6 Å². The fraction of sp³-hybridized carbons (Fsp3) is 0.200. The third-order valence-electron chi connectivity index (χ3n) is 4.13. The van der Waals surface area contributed by atoms with Crippen molar-refractivity contribution in [3.05, 3.63) is 64.6 Å². The van der Waals surface area contributed by atoms with Gasteiger partial charge in [-0.05, 0) is 55.8 Å². The molecule has 1 unspecified atom stereocenters. The molecule has 2 heterocycles. The number of amides is 1. The first kappa shape index (κ1) is 22.1. The van der Waals surface area contributed by atoms with Gasteiger partial charge in [-0.1, -0.05) is 18.5 Å². The lowest BCUT2D eigenvalue weighted by atomic mass is 10.2. The molecule has 0 aliphatic carbocycles. The number of thiophene rings is 1. The quantitative estimate of drug-likeness (QED) is 0.492. The Balaban J connectivity index is 1.62. The molecule has 10 heteroatoms. The lowest BCUT2D eigenvalue weighted by Gasteiger charge is -2.11. The summed E-state index contributed by atoms with van der Waals surface area (Å²) in [5.41, 5.74) is 0.831. The number of halogens is 1. The standard InChI is InChI=1S/C20H20ClN3O4S2/c1-3-13(2)23-20(25)14-4-10-18(22-12-14)28-16-7-5-15(6-8-16)24-30(26,27)19-11-9-17(21)29-19/h4-13,24H,3H2,1-2H3,(H,23,25). The Hall–Kier alpha value is -2.62. The molecule has 7 nitrogen and oxygen atoms in total. The average Bonchev–Trinajstić information content (AvgIpc) is 3.17. The first-order chi connectivity index (χ1) is 14.3. The van der Waals surface area contributed by atoms with Gasteiger partial charge >= 0.3 is 0 Å². The summed E-state index contributed by atoms with van der Waals surface area (Å²) in [6.45, 7) is 3.93. The summed E-state index contributed by atoms with van der Waals surface area (Å²) in [6, 6.07) is 12.7. The second kappa shape index (κ2) is 9.46. The van der Waals surface area contributed by atoms with Crippen molar-refractivity contribution in [3.63, 3.8) is 0 Å². The van der Waals surface area contributed by atoms with E-state index in [1.807, 2.05) is 13.8 Å². The number of sulfonamides is 1. The van der Waals surface area contributed by atoms with Crippen LogP contribution in [0.15, 0.2) is 58.9 Å². The zero-order chi connectivity index (χ0) is 21.7. The Labute approximate surface area is 184 Å². The molecule has 1 aromatic carbocycles. The summed E-state index contributed by atoms with van der Waals surface area (Å²) in [5.74, 6) is 0.602. The minimum Gasteiger partial charge on any atom is -0.439 e. The average molecular weight is 466 g/mol. The molecular formula is C20H20ClN3O4S2. The van der Waals surface area contributed by atoms with Crippen LogP contribution in [0.3, 0.4) is 0 Å². The highest BCUT2D eigenvalue weighted by atomic mass is 35.5. The maximum Gasteiger partial charge on any atom is 0.271 e. The van der Waals surface area contributed by atoms with Crippen LogP contribution in [0.2, 0.25) is 4.34 Å². The van der Waals surface area contributed by atoms with Crippen LogP contribution in [-0.2, 0) is 10.0 Å². The molecule has 0 saturated heterocycles. The van der Waals surface area contributed by atoms with Gasteiger partial charge in [0.25, 0.3) is 15.9 Å². The van der Waals surface area contributed by atoms with Crippen molar-refractivity contribution in [2.45, 2.75) is 30.5 Å². The fourth-order valence-electron chi connectivity index (χ4n) is 2.34. The highest BCUT2D eigenvalue weighted by Crippen LogP contribution is 2.28. The molecule has 0 aliphatic heterocycles. The summed E-state index contributed by atoms with van der Waals surface area (Å²) in [6.07, 6.45) is 2.29. The van der Waals surface area contributed by atoms with E-state index in [1.54, 1.807) is 36.4 Å². The van der Waals surface area contributed by atoms with Crippen molar-refractivity contribution in [1.82, 2.24) is 10.3 Å². The summed E-state index contributed by atoms with van der Waals surface area (Å²) >= 11 is 6.78. The van der Waals surface area contributed by atoms with Gasteiger partial charge in [-0.15, -0.1) is 11.3 Å². The molecule has 1 atom stereocenters. The largest absolute Gasteiger partial charge is 0.439 e. The number of hydrogen-bond acceptors (Lipinski definition) is 6. The van der Waals surface area contributed by atoms with E-state index in [0.717, 1.165) is 17.8 Å². The maximum atomic E-state index is 12.3. The second-order valence-electron chi connectivity index (χ2n) is 6.46. The Bertz CT molecular complexity index is 1110. The van der Waals surface area contributed by atoms with Crippen molar-refractivity contribution >= 4 is 44.6 Å². The predicted molar refractivity (Wildman–Crippen MR) is 118 cm³/mol. The summed E-state index contributed by atoms with van der Waals surface area (Å²) in [7, 11) is -3.69. The van der Waals surface area contributed by atoms with E-state index in [9.17, 15) is 13.2 Å². The zero-order valence-electron chi connectivity index (χ0n) is 16.3. The molecule has 2 aromatic heterocycles. The molecule has 0 spiro atoms. The van der Waals surface area contributed by atoms with Gasteiger partial charge in [0.15, 0.2) is 0 Å². The molecule has 0 bridgehead atoms. The minimum absolute atomic E-state index is 0.0844. The molecule has 0 saturated carbocycles. The topological polar surface area (TPSA) is 97.4 Å². The second-order valence-corrected chi connectivity index (χ2v) is 10.1. The number of aromatic nitrogens is 1. The smallest absolute Gasteiger partial charge is 0.271 e. The lowest BCUT2D eigenvalue weighted by molar-refractivity contribution is 0.0939. The lowest BCUT2D eigenvalue weighted by Crippen LogP contribution is -2.31. The van der Waals surface area contributed by atoms with Crippen LogP contribution >= 0.6 is 22.9 Å². The Kier molecular flexibility index (Phi) is 6.96. The summed E-state index contributed by atoms with van der Waals surface area (Å²) in [5, 5.41) is 2.87. The summed E-state index contributed by atoms with van der Waals surface area (Å²) < 4.78 is 33.3. The van der Waals surface area contributed by atoms with Crippen molar-refractivity contribution < 1.29 is 17.9 Å². The molecule has 30 heavy (non-hydrogen) atoms. The van der Waals surface area contributed by atoms with Gasteiger partial charge in [-0.25, -0.2) is 13.4 Å². The fourth-order valence-corrected chi connectivity index (χ4v) is 4.88. The van der Waals surface area contributed by atoms with E-state index in [2.05, 4.69) is 15.0 Å². The molecule has 2 N–H and O–H groups in total. The van der Waals surface area contributed by atoms with E-state index in [1.165, 1.54) is 18.3 Å². The van der Waals surface area contributed by atoms with Crippen molar-refractivity contribution in [2.75, 3.05) is 4.72 Å². The molecule has 3 aromatic rings. The number of hydrogen-bond donors (Lipinski definition) is 2. The van der Waals surface area contributed by atoms with Gasteiger partial charge in [-0.3, -0.25) is 9.52 Å². The first-order valence-electron chi connectivity index (χ1n) is 9.10. The predicted octanol–water partition coefficient (Wildman–Crippen LogP) is 4.92. The van der Waals surface area contributed by atoms with Crippen LogP contribution in [-0.4, -0.2) is 25.4 Å². The van der Waals surface area contributed by atoms with E-state index < -0.39 is 10.0 Å². The number of carbonyl (C=O) groups excluding carboxylic acids is 1. The Morgan fingerprint density at radius 3 is 2.47 bits per heavy atom. The van der Waals surface area contributed by atoms with Crippen LogP contribution in [0.4, 0.5) is 5.69 Å².